The summed E-state index contributed by atoms with van der Waals surface area (Å²) < 4.78 is 0. The smallest absolute Gasteiger partial charge is 0.267 e. The molecular formula is C24H27N7O2S. The number of aryl methyl sites for hydroxylation is 2. The maximum absolute atomic E-state index is 12.7. The summed E-state index contributed by atoms with van der Waals surface area (Å²) in [5.41, 5.74) is 2.83. The van der Waals surface area contributed by atoms with Crippen LogP contribution in [0.1, 0.15) is 33.6 Å². The molecule has 1 saturated heterocycles. The zero-order valence-corrected chi connectivity index (χ0v) is 20.0. The highest BCUT2D eigenvalue weighted by Gasteiger charge is 2.22. The van der Waals surface area contributed by atoms with E-state index in [-0.39, 0.29) is 17.9 Å². The van der Waals surface area contributed by atoms with E-state index in [4.69, 9.17) is 0 Å². The molecule has 0 bridgehead atoms. The molecule has 0 unspecified atom stereocenters. The van der Waals surface area contributed by atoms with E-state index < -0.39 is 0 Å². The van der Waals surface area contributed by atoms with Gasteiger partial charge in [0.15, 0.2) is 5.13 Å². The molecule has 1 fully saturated rings. The number of nitrogens with one attached hydrogen (secondary N) is 3. The summed E-state index contributed by atoms with van der Waals surface area (Å²) in [6, 6.07) is 7.69. The first-order valence-corrected chi connectivity index (χ1v) is 11.9. The Bertz CT molecular complexity index is 1190. The number of benzene rings is 1. The van der Waals surface area contributed by atoms with Crippen LogP contribution in [0, 0.1) is 13.8 Å². The van der Waals surface area contributed by atoms with Gasteiger partial charge in [-0.3, -0.25) is 9.59 Å². The van der Waals surface area contributed by atoms with Crippen LogP contribution in [0.5, 0.6) is 0 Å². The quantitative estimate of drug-likeness (QED) is 0.439. The van der Waals surface area contributed by atoms with Crippen molar-refractivity contribution in [2.75, 3.05) is 29.0 Å². The fraction of sp³-hybridized carbons (Fsp3) is 0.292. The first kappa shape index (κ1) is 23.4. The lowest BCUT2D eigenvalue weighted by atomic mass is 10.1. The molecule has 3 heterocycles. The molecule has 0 saturated carbocycles. The van der Waals surface area contributed by atoms with Crippen molar-refractivity contribution in [2.45, 2.75) is 32.7 Å². The number of likely N-dealkylation sites (tertiary alicyclic amines) is 1. The van der Waals surface area contributed by atoms with E-state index in [1.54, 1.807) is 23.4 Å². The van der Waals surface area contributed by atoms with E-state index in [0.717, 1.165) is 36.2 Å². The highest BCUT2D eigenvalue weighted by molar-refractivity contribution is 7.17. The topological polar surface area (TPSA) is 112 Å². The third-order valence-electron chi connectivity index (χ3n) is 5.58. The van der Waals surface area contributed by atoms with Gasteiger partial charge in [0.2, 0.25) is 11.9 Å². The molecule has 34 heavy (non-hydrogen) atoms. The fourth-order valence-electron chi connectivity index (χ4n) is 3.84. The van der Waals surface area contributed by atoms with Crippen LogP contribution in [-0.4, -0.2) is 50.8 Å². The van der Waals surface area contributed by atoms with E-state index in [2.05, 4.69) is 37.5 Å². The second-order valence-electron chi connectivity index (χ2n) is 8.11. The average Bonchev–Trinajstić information content (AvgIpc) is 3.30. The molecule has 3 N–H and O–H groups in total. The third-order valence-corrected chi connectivity index (χ3v) is 6.49. The van der Waals surface area contributed by atoms with Gasteiger partial charge in [0.05, 0.1) is 6.20 Å². The molecule has 9 nitrogen and oxygen atoms in total. The van der Waals surface area contributed by atoms with Gasteiger partial charge in [-0.2, -0.15) is 4.98 Å². The van der Waals surface area contributed by atoms with Crippen molar-refractivity contribution in [2.24, 2.45) is 0 Å². The summed E-state index contributed by atoms with van der Waals surface area (Å²) >= 11 is 1.25. The molecule has 176 valence electrons. The van der Waals surface area contributed by atoms with Crippen molar-refractivity contribution in [3.05, 3.63) is 65.3 Å². The van der Waals surface area contributed by atoms with E-state index in [1.807, 2.05) is 32.0 Å². The molecule has 2 amide bonds. The number of rotatable bonds is 7. The number of amides is 2. The van der Waals surface area contributed by atoms with Crippen LogP contribution in [0.25, 0.3) is 0 Å². The molecule has 0 aliphatic carbocycles. The minimum absolute atomic E-state index is 0.0629. The van der Waals surface area contributed by atoms with Gasteiger partial charge < -0.3 is 20.9 Å². The summed E-state index contributed by atoms with van der Waals surface area (Å²) in [6.07, 6.45) is 6.36. The highest BCUT2D eigenvalue weighted by Crippen LogP contribution is 2.25. The van der Waals surface area contributed by atoms with Crippen LogP contribution in [0.4, 0.5) is 22.6 Å². The van der Waals surface area contributed by atoms with Crippen molar-refractivity contribution < 1.29 is 9.59 Å². The Labute approximate surface area is 202 Å². The lowest BCUT2D eigenvalue weighted by molar-refractivity contribution is -0.127. The van der Waals surface area contributed by atoms with Gasteiger partial charge in [0.25, 0.3) is 5.91 Å². The third kappa shape index (κ3) is 5.57. The van der Waals surface area contributed by atoms with E-state index in [1.165, 1.54) is 17.4 Å². The maximum atomic E-state index is 12.7. The molecule has 1 aliphatic rings. The highest BCUT2D eigenvalue weighted by atomic mass is 32.1. The summed E-state index contributed by atoms with van der Waals surface area (Å²) in [5.74, 6) is 0.754. The van der Waals surface area contributed by atoms with Crippen LogP contribution >= 0.6 is 11.3 Å². The van der Waals surface area contributed by atoms with Gasteiger partial charge in [-0.15, -0.1) is 0 Å². The Morgan fingerprint density at radius 1 is 1.21 bits per heavy atom. The van der Waals surface area contributed by atoms with Crippen LogP contribution < -0.4 is 16.0 Å². The predicted molar refractivity (Wildman–Crippen MR) is 135 cm³/mol. The Balaban J connectivity index is 1.38. The van der Waals surface area contributed by atoms with E-state index in [9.17, 15) is 9.59 Å². The SMILES string of the molecule is C=CC(=O)N1CCC[C@@H](Nc2nccc(Nc3ncc(C(=O)Nc4c(C)cccc4C)s3)n2)C1. The van der Waals surface area contributed by atoms with Crippen LogP contribution in [0.2, 0.25) is 0 Å². The van der Waals surface area contributed by atoms with Crippen molar-refractivity contribution in [1.82, 2.24) is 19.9 Å². The van der Waals surface area contributed by atoms with Crippen molar-refractivity contribution in [3.8, 4) is 0 Å². The first-order valence-electron chi connectivity index (χ1n) is 11.0. The second-order valence-corrected chi connectivity index (χ2v) is 9.14. The molecule has 1 aromatic carbocycles. The Morgan fingerprint density at radius 2 is 2.00 bits per heavy atom. The second kappa shape index (κ2) is 10.4. The maximum Gasteiger partial charge on any atom is 0.267 e. The minimum atomic E-state index is -0.205. The normalized spacial score (nSPS) is 15.5. The number of piperidine rings is 1. The molecule has 1 atom stereocenters. The van der Waals surface area contributed by atoms with E-state index in [0.29, 0.717) is 28.3 Å². The standard InChI is InChI=1S/C24H27N7O2S/c1-4-20(32)31-12-6-9-17(14-31)27-23-25-11-10-19(28-23)29-24-26-13-18(34-24)22(33)30-21-15(2)7-5-8-16(21)3/h4-5,7-8,10-11,13,17H,1,6,9,12,14H2,2-3H3,(H,30,33)(H2,25,26,27,28,29)/t17-/m1/s1. The van der Waals surface area contributed by atoms with Crippen LogP contribution in [-0.2, 0) is 4.79 Å². The summed E-state index contributed by atoms with van der Waals surface area (Å²) in [5, 5.41) is 9.97. The summed E-state index contributed by atoms with van der Waals surface area (Å²) in [6.45, 7) is 8.80. The van der Waals surface area contributed by atoms with Gasteiger partial charge in [0.1, 0.15) is 10.7 Å². The van der Waals surface area contributed by atoms with Crippen LogP contribution in [0.15, 0.2) is 49.3 Å². The van der Waals surface area contributed by atoms with Gasteiger partial charge in [0, 0.05) is 31.0 Å². The van der Waals surface area contributed by atoms with Crippen molar-refractivity contribution >= 4 is 45.7 Å². The zero-order chi connectivity index (χ0) is 24.1. The van der Waals surface area contributed by atoms with E-state index >= 15 is 0 Å². The summed E-state index contributed by atoms with van der Waals surface area (Å²) in [7, 11) is 0. The number of carbonyl (C=O) groups excluding carboxylic acids is 2. The molecule has 4 rings (SSSR count). The molecule has 1 aliphatic heterocycles. The predicted octanol–water partition coefficient (Wildman–Crippen LogP) is 4.13. The number of aromatic nitrogens is 3. The molecule has 0 radical (unpaired) electrons. The van der Waals surface area contributed by atoms with Crippen LogP contribution in [0.3, 0.4) is 0 Å². The van der Waals surface area contributed by atoms with Crippen molar-refractivity contribution in [1.29, 1.82) is 0 Å². The number of carbonyl (C=O) groups is 2. The largest absolute Gasteiger partial charge is 0.350 e. The molecule has 2 aromatic heterocycles. The Kier molecular flexibility index (Phi) is 7.17. The number of nitrogens with zero attached hydrogens (tertiary/aromatic N) is 4. The number of para-hydroxylation sites is 1. The zero-order valence-electron chi connectivity index (χ0n) is 19.2. The monoisotopic (exact) mass is 477 g/mol. The van der Waals surface area contributed by atoms with Crippen molar-refractivity contribution in [3.63, 3.8) is 0 Å². The number of hydrogen-bond donors (Lipinski definition) is 3. The lowest BCUT2D eigenvalue weighted by Crippen LogP contribution is -2.44. The molecule has 10 heteroatoms. The minimum Gasteiger partial charge on any atom is -0.350 e. The number of anilines is 4. The fourth-order valence-corrected chi connectivity index (χ4v) is 4.56. The molecular weight excluding hydrogens is 450 g/mol. The van der Waals surface area contributed by atoms with Gasteiger partial charge >= 0.3 is 0 Å². The van der Waals surface area contributed by atoms with Gasteiger partial charge in [-0.05, 0) is 50.0 Å². The van der Waals surface area contributed by atoms with Gasteiger partial charge in [-0.25, -0.2) is 9.97 Å². The lowest BCUT2D eigenvalue weighted by Gasteiger charge is -2.32. The average molecular weight is 478 g/mol. The van der Waals surface area contributed by atoms with Gasteiger partial charge in [-0.1, -0.05) is 36.1 Å². The summed E-state index contributed by atoms with van der Waals surface area (Å²) in [4.78, 5) is 40.0. The number of hydrogen-bond acceptors (Lipinski definition) is 8. The number of thiazole rings is 1. The Hall–Kier alpha value is -3.79. The Morgan fingerprint density at radius 3 is 2.76 bits per heavy atom. The first-order chi connectivity index (χ1) is 16.4. The molecule has 0 spiro atoms. The molecule has 3 aromatic rings.